The molecule has 3 nitrogen and oxygen atoms in total. The van der Waals surface area contributed by atoms with E-state index < -0.39 is 0 Å². The van der Waals surface area contributed by atoms with E-state index in [1.807, 2.05) is 0 Å². The third-order valence-corrected chi connectivity index (χ3v) is 3.78. The normalized spacial score (nSPS) is 10.3. The zero-order valence-electron chi connectivity index (χ0n) is 10.7. The number of carbonyl (C=O) groups is 1. The van der Waals surface area contributed by atoms with Gasteiger partial charge in [-0.2, -0.15) is 0 Å². The van der Waals surface area contributed by atoms with Crippen molar-refractivity contribution in [1.29, 1.82) is 0 Å². The molecule has 2 aromatic rings. The van der Waals surface area contributed by atoms with E-state index in [0.29, 0.717) is 12.2 Å². The SMILES string of the molecule is CCOC(=O)c1cc(-c2ccc(F)cc2)sc1NC. The summed E-state index contributed by atoms with van der Waals surface area (Å²) in [6.45, 7) is 2.11. The van der Waals surface area contributed by atoms with Crippen LogP contribution in [-0.2, 0) is 4.74 Å². The van der Waals surface area contributed by atoms with Crippen LogP contribution in [-0.4, -0.2) is 19.6 Å². The molecule has 0 amide bonds. The average Bonchev–Trinajstić information content (AvgIpc) is 2.84. The minimum absolute atomic E-state index is 0.278. The molecule has 0 unspecified atom stereocenters. The van der Waals surface area contributed by atoms with Gasteiger partial charge in [-0.25, -0.2) is 9.18 Å². The number of ether oxygens (including phenoxy) is 1. The predicted octanol–water partition coefficient (Wildman–Crippen LogP) is 3.77. The Balaban J connectivity index is 2.38. The van der Waals surface area contributed by atoms with Gasteiger partial charge in [0.05, 0.1) is 12.2 Å². The van der Waals surface area contributed by atoms with Crippen molar-refractivity contribution in [1.82, 2.24) is 0 Å². The van der Waals surface area contributed by atoms with E-state index in [1.54, 1.807) is 32.2 Å². The number of rotatable bonds is 4. The Labute approximate surface area is 115 Å². The van der Waals surface area contributed by atoms with Gasteiger partial charge in [0.15, 0.2) is 0 Å². The maximum absolute atomic E-state index is 12.9. The monoisotopic (exact) mass is 279 g/mol. The molecule has 0 aliphatic carbocycles. The fourth-order valence-electron chi connectivity index (χ4n) is 1.69. The first kappa shape index (κ1) is 13.5. The minimum atomic E-state index is -0.350. The standard InChI is InChI=1S/C14H14FNO2S/c1-3-18-14(17)11-8-12(19-13(11)16-2)9-4-6-10(15)7-5-9/h4-8,16H,3H2,1-2H3. The van der Waals surface area contributed by atoms with E-state index in [0.717, 1.165) is 15.4 Å². The first-order valence-electron chi connectivity index (χ1n) is 5.90. The van der Waals surface area contributed by atoms with Crippen LogP contribution in [0.5, 0.6) is 0 Å². The largest absolute Gasteiger partial charge is 0.462 e. The zero-order chi connectivity index (χ0) is 13.8. The van der Waals surface area contributed by atoms with E-state index in [4.69, 9.17) is 4.74 Å². The summed E-state index contributed by atoms with van der Waals surface area (Å²) in [7, 11) is 1.75. The molecule has 1 N–H and O–H groups in total. The molecular formula is C14H14FNO2S. The topological polar surface area (TPSA) is 38.3 Å². The van der Waals surface area contributed by atoms with Gasteiger partial charge in [-0.15, -0.1) is 11.3 Å². The Hall–Kier alpha value is -1.88. The van der Waals surface area contributed by atoms with E-state index in [1.165, 1.54) is 23.5 Å². The molecule has 19 heavy (non-hydrogen) atoms. The molecule has 1 heterocycles. The van der Waals surface area contributed by atoms with Crippen LogP contribution in [0.15, 0.2) is 30.3 Å². The minimum Gasteiger partial charge on any atom is -0.462 e. The van der Waals surface area contributed by atoms with E-state index in [-0.39, 0.29) is 11.8 Å². The maximum Gasteiger partial charge on any atom is 0.341 e. The Morgan fingerprint density at radius 2 is 2.05 bits per heavy atom. The summed E-state index contributed by atoms with van der Waals surface area (Å²) in [5, 5.41) is 3.73. The second kappa shape index (κ2) is 5.84. The first-order valence-corrected chi connectivity index (χ1v) is 6.72. The van der Waals surface area contributed by atoms with Gasteiger partial charge in [0.2, 0.25) is 0 Å². The van der Waals surface area contributed by atoms with Gasteiger partial charge in [-0.3, -0.25) is 0 Å². The molecule has 0 spiro atoms. The number of nitrogens with one attached hydrogen (secondary N) is 1. The van der Waals surface area contributed by atoms with Crippen LogP contribution in [0.25, 0.3) is 10.4 Å². The van der Waals surface area contributed by atoms with Crippen LogP contribution >= 0.6 is 11.3 Å². The number of anilines is 1. The van der Waals surface area contributed by atoms with Gasteiger partial charge < -0.3 is 10.1 Å². The molecule has 100 valence electrons. The van der Waals surface area contributed by atoms with Crippen LogP contribution in [0.4, 0.5) is 9.39 Å². The van der Waals surface area contributed by atoms with Gasteiger partial charge >= 0.3 is 5.97 Å². The summed E-state index contributed by atoms with van der Waals surface area (Å²) < 4.78 is 17.9. The van der Waals surface area contributed by atoms with Crippen LogP contribution in [0.2, 0.25) is 0 Å². The Morgan fingerprint density at radius 3 is 2.63 bits per heavy atom. The highest BCUT2D eigenvalue weighted by Crippen LogP contribution is 2.35. The molecule has 0 saturated heterocycles. The van der Waals surface area contributed by atoms with Crippen LogP contribution in [0.3, 0.4) is 0 Å². The van der Waals surface area contributed by atoms with Gasteiger partial charge in [0.25, 0.3) is 0 Å². The molecule has 0 atom stereocenters. The molecule has 2 rings (SSSR count). The van der Waals surface area contributed by atoms with Crippen LogP contribution < -0.4 is 5.32 Å². The number of esters is 1. The van der Waals surface area contributed by atoms with E-state index in [9.17, 15) is 9.18 Å². The number of carbonyl (C=O) groups excluding carboxylic acids is 1. The van der Waals surface area contributed by atoms with Crippen molar-refractivity contribution in [3.8, 4) is 10.4 Å². The second-order valence-electron chi connectivity index (χ2n) is 3.83. The molecule has 5 heteroatoms. The molecule has 0 aliphatic heterocycles. The van der Waals surface area contributed by atoms with Crippen molar-refractivity contribution >= 4 is 22.3 Å². The average molecular weight is 279 g/mol. The molecular weight excluding hydrogens is 265 g/mol. The van der Waals surface area contributed by atoms with Crippen molar-refractivity contribution < 1.29 is 13.9 Å². The number of benzene rings is 1. The maximum atomic E-state index is 12.9. The molecule has 0 saturated carbocycles. The zero-order valence-corrected chi connectivity index (χ0v) is 11.5. The third-order valence-electron chi connectivity index (χ3n) is 2.58. The Kier molecular flexibility index (Phi) is 4.16. The van der Waals surface area contributed by atoms with E-state index >= 15 is 0 Å². The molecule has 1 aromatic heterocycles. The fourth-order valence-corrected chi connectivity index (χ4v) is 2.70. The van der Waals surface area contributed by atoms with Gasteiger partial charge in [-0.1, -0.05) is 12.1 Å². The number of hydrogen-bond donors (Lipinski definition) is 1. The lowest BCUT2D eigenvalue weighted by Crippen LogP contribution is -2.05. The lowest BCUT2D eigenvalue weighted by molar-refractivity contribution is 0.0528. The van der Waals surface area contributed by atoms with Crippen molar-refractivity contribution in [2.75, 3.05) is 19.0 Å². The quantitative estimate of drug-likeness (QED) is 0.866. The van der Waals surface area contributed by atoms with Crippen molar-refractivity contribution in [3.63, 3.8) is 0 Å². The predicted molar refractivity (Wildman–Crippen MR) is 75.2 cm³/mol. The van der Waals surface area contributed by atoms with Crippen LogP contribution in [0, 0.1) is 5.82 Å². The molecule has 0 aliphatic rings. The summed E-state index contributed by atoms with van der Waals surface area (Å²) >= 11 is 1.44. The third kappa shape index (κ3) is 2.93. The summed E-state index contributed by atoms with van der Waals surface area (Å²) in [6.07, 6.45) is 0. The summed E-state index contributed by atoms with van der Waals surface area (Å²) in [5.74, 6) is -0.628. The smallest absolute Gasteiger partial charge is 0.341 e. The number of thiophene rings is 1. The van der Waals surface area contributed by atoms with E-state index in [2.05, 4.69) is 5.32 Å². The summed E-state index contributed by atoms with van der Waals surface area (Å²) in [6, 6.07) is 7.95. The van der Waals surface area contributed by atoms with Crippen LogP contribution in [0.1, 0.15) is 17.3 Å². The molecule has 0 bridgehead atoms. The number of hydrogen-bond acceptors (Lipinski definition) is 4. The van der Waals surface area contributed by atoms with Crippen molar-refractivity contribution in [2.45, 2.75) is 6.92 Å². The highest BCUT2D eigenvalue weighted by Gasteiger charge is 2.17. The first-order chi connectivity index (χ1) is 9.15. The summed E-state index contributed by atoms with van der Waals surface area (Å²) in [5.41, 5.74) is 1.38. The molecule has 0 radical (unpaired) electrons. The highest BCUT2D eigenvalue weighted by atomic mass is 32.1. The lowest BCUT2D eigenvalue weighted by atomic mass is 10.1. The Bertz CT molecular complexity index is 578. The van der Waals surface area contributed by atoms with Crippen molar-refractivity contribution in [2.24, 2.45) is 0 Å². The summed E-state index contributed by atoms with van der Waals surface area (Å²) in [4.78, 5) is 12.7. The highest BCUT2D eigenvalue weighted by molar-refractivity contribution is 7.19. The van der Waals surface area contributed by atoms with Gasteiger partial charge in [0, 0.05) is 11.9 Å². The second-order valence-corrected chi connectivity index (χ2v) is 4.88. The number of halogens is 1. The van der Waals surface area contributed by atoms with Gasteiger partial charge in [0.1, 0.15) is 10.8 Å². The van der Waals surface area contributed by atoms with Gasteiger partial charge in [-0.05, 0) is 30.7 Å². The molecule has 0 fully saturated rings. The fraction of sp³-hybridized carbons (Fsp3) is 0.214. The molecule has 1 aromatic carbocycles. The Morgan fingerprint density at radius 1 is 1.37 bits per heavy atom. The lowest BCUT2D eigenvalue weighted by Gasteiger charge is -2.01. The van der Waals surface area contributed by atoms with Crippen molar-refractivity contribution in [3.05, 3.63) is 41.7 Å².